The molecule has 0 heterocycles. The van der Waals surface area contributed by atoms with E-state index >= 15 is 0 Å². The molecule has 0 radical (unpaired) electrons. The molecule has 0 saturated heterocycles. The highest BCUT2D eigenvalue weighted by molar-refractivity contribution is 5.92. The number of carbonyl (C=O) groups excluding carboxylic acids is 4. The zero-order chi connectivity index (χ0) is 18.2. The maximum absolute atomic E-state index is 11.3. The standard InChI is InChI=1S/C12H16O11/c1-6(13)10(17)22-20-8(15)4-5-9(16)21-23-11(18)12(3,19)7(2)14/h4-7,13-14,19H,1-3H3/b5-4-. The summed E-state index contributed by atoms with van der Waals surface area (Å²) in [6.45, 7) is 3.10. The second-order valence-corrected chi connectivity index (χ2v) is 4.41. The number of rotatable bonds is 5. The first kappa shape index (κ1) is 20.5. The molecule has 0 spiro atoms. The van der Waals surface area contributed by atoms with Gasteiger partial charge in [-0.1, -0.05) is 0 Å². The molecule has 3 atom stereocenters. The van der Waals surface area contributed by atoms with Gasteiger partial charge >= 0.3 is 23.9 Å². The van der Waals surface area contributed by atoms with Gasteiger partial charge < -0.3 is 15.3 Å². The van der Waals surface area contributed by atoms with Gasteiger partial charge in [0, 0.05) is 12.2 Å². The van der Waals surface area contributed by atoms with Gasteiger partial charge in [0.1, 0.15) is 0 Å². The Morgan fingerprint density at radius 1 is 0.913 bits per heavy atom. The summed E-state index contributed by atoms with van der Waals surface area (Å²) in [6.07, 6.45) is -2.08. The lowest BCUT2D eigenvalue weighted by molar-refractivity contribution is -0.270. The molecule has 0 aromatic heterocycles. The second-order valence-electron chi connectivity index (χ2n) is 4.41. The Bertz CT molecular complexity index is 489. The third kappa shape index (κ3) is 7.35. The molecule has 3 N–H and O–H groups in total. The molecule has 0 aromatic rings. The van der Waals surface area contributed by atoms with Gasteiger partial charge in [-0.25, -0.2) is 38.7 Å². The summed E-state index contributed by atoms with van der Waals surface area (Å²) in [4.78, 5) is 59.8. The number of hydrogen-bond acceptors (Lipinski definition) is 11. The molecule has 0 amide bonds. The van der Waals surface area contributed by atoms with Crippen molar-refractivity contribution >= 4 is 23.9 Å². The van der Waals surface area contributed by atoms with Crippen LogP contribution in [0.3, 0.4) is 0 Å². The normalized spacial score (nSPS) is 15.9. The SMILES string of the molecule is CC(O)C(=O)OOC(=O)/C=C\C(=O)OOC(=O)C(C)(O)C(C)O. The van der Waals surface area contributed by atoms with Crippen LogP contribution < -0.4 is 0 Å². The van der Waals surface area contributed by atoms with Gasteiger partial charge in [-0.15, -0.1) is 0 Å². The van der Waals surface area contributed by atoms with Crippen molar-refractivity contribution in [2.75, 3.05) is 0 Å². The van der Waals surface area contributed by atoms with Crippen molar-refractivity contribution in [1.82, 2.24) is 0 Å². The van der Waals surface area contributed by atoms with E-state index in [1.165, 1.54) is 0 Å². The number of hydrogen-bond donors (Lipinski definition) is 3. The highest BCUT2D eigenvalue weighted by Gasteiger charge is 2.39. The molecule has 0 aliphatic rings. The minimum Gasteiger partial charge on any atom is -0.390 e. The first-order valence-corrected chi connectivity index (χ1v) is 6.10. The van der Waals surface area contributed by atoms with E-state index in [9.17, 15) is 24.3 Å². The van der Waals surface area contributed by atoms with Crippen molar-refractivity contribution in [1.29, 1.82) is 0 Å². The Hall–Kier alpha value is -2.50. The van der Waals surface area contributed by atoms with Crippen LogP contribution in [0.2, 0.25) is 0 Å². The zero-order valence-corrected chi connectivity index (χ0v) is 12.4. The van der Waals surface area contributed by atoms with E-state index in [2.05, 4.69) is 19.6 Å². The highest BCUT2D eigenvalue weighted by atomic mass is 17.2. The Morgan fingerprint density at radius 3 is 1.74 bits per heavy atom. The Balaban J connectivity index is 4.27. The minimum absolute atomic E-state index is 0.461. The van der Waals surface area contributed by atoms with Crippen LogP contribution in [-0.4, -0.2) is 57.0 Å². The summed E-state index contributed by atoms with van der Waals surface area (Å²) in [5.74, 6) is -5.30. The van der Waals surface area contributed by atoms with Gasteiger partial charge in [0.2, 0.25) is 0 Å². The topological polar surface area (TPSA) is 166 Å². The molecule has 0 rings (SSSR count). The molecule has 0 aromatic carbocycles. The monoisotopic (exact) mass is 336 g/mol. The molecule has 0 bridgehead atoms. The molecular formula is C12H16O11. The zero-order valence-electron chi connectivity index (χ0n) is 12.4. The summed E-state index contributed by atoms with van der Waals surface area (Å²) in [5.41, 5.74) is -2.31. The second kappa shape index (κ2) is 8.82. The van der Waals surface area contributed by atoms with E-state index in [1.54, 1.807) is 0 Å². The fraction of sp³-hybridized carbons (Fsp3) is 0.500. The molecule has 0 fully saturated rings. The van der Waals surface area contributed by atoms with Gasteiger partial charge in [0.25, 0.3) is 0 Å². The third-order valence-electron chi connectivity index (χ3n) is 2.33. The predicted molar refractivity (Wildman–Crippen MR) is 67.5 cm³/mol. The third-order valence-corrected chi connectivity index (χ3v) is 2.33. The summed E-state index contributed by atoms with van der Waals surface area (Å²) >= 11 is 0. The maximum Gasteiger partial charge on any atom is 0.389 e. The highest BCUT2D eigenvalue weighted by Crippen LogP contribution is 2.11. The van der Waals surface area contributed by atoms with Crippen molar-refractivity contribution in [3.8, 4) is 0 Å². The fourth-order valence-electron chi connectivity index (χ4n) is 0.677. The van der Waals surface area contributed by atoms with E-state index in [-0.39, 0.29) is 0 Å². The minimum atomic E-state index is -2.31. The Labute approximate surface area is 129 Å². The van der Waals surface area contributed by atoms with Crippen molar-refractivity contribution in [2.45, 2.75) is 38.6 Å². The van der Waals surface area contributed by atoms with Gasteiger partial charge in [-0.3, -0.25) is 0 Å². The summed E-state index contributed by atoms with van der Waals surface area (Å²) in [5, 5.41) is 27.3. The van der Waals surface area contributed by atoms with Gasteiger partial charge in [0.15, 0.2) is 11.7 Å². The molecule has 0 aliphatic heterocycles. The largest absolute Gasteiger partial charge is 0.390 e. The molecule has 11 nitrogen and oxygen atoms in total. The van der Waals surface area contributed by atoms with E-state index in [0.29, 0.717) is 12.2 Å². The molecule has 0 saturated carbocycles. The smallest absolute Gasteiger partial charge is 0.389 e. The van der Waals surface area contributed by atoms with Gasteiger partial charge in [-0.2, -0.15) is 0 Å². The van der Waals surface area contributed by atoms with Crippen LogP contribution in [0, 0.1) is 0 Å². The van der Waals surface area contributed by atoms with Crippen LogP contribution in [0.25, 0.3) is 0 Å². The molecule has 11 heteroatoms. The van der Waals surface area contributed by atoms with Gasteiger partial charge in [-0.05, 0) is 20.8 Å². The molecule has 3 unspecified atom stereocenters. The van der Waals surface area contributed by atoms with E-state index < -0.39 is 41.7 Å². The summed E-state index contributed by atoms with van der Waals surface area (Å²) < 4.78 is 0. The van der Waals surface area contributed by atoms with Crippen molar-refractivity contribution in [2.24, 2.45) is 0 Å². The first-order chi connectivity index (χ1) is 10.5. The fourth-order valence-corrected chi connectivity index (χ4v) is 0.677. The molecule has 130 valence electrons. The number of carbonyl (C=O) groups is 4. The Morgan fingerprint density at radius 2 is 1.35 bits per heavy atom. The molecule has 0 aliphatic carbocycles. The first-order valence-electron chi connectivity index (χ1n) is 6.10. The lowest BCUT2D eigenvalue weighted by atomic mass is 10.0. The maximum atomic E-state index is 11.3. The van der Waals surface area contributed by atoms with Crippen LogP contribution in [0.1, 0.15) is 20.8 Å². The lowest BCUT2D eigenvalue weighted by Crippen LogP contribution is -2.46. The van der Waals surface area contributed by atoms with E-state index in [0.717, 1.165) is 20.8 Å². The number of aliphatic hydroxyl groups is 3. The average molecular weight is 336 g/mol. The average Bonchev–Trinajstić information content (AvgIpc) is 2.47. The van der Waals surface area contributed by atoms with Crippen LogP contribution in [0.5, 0.6) is 0 Å². The van der Waals surface area contributed by atoms with Crippen molar-refractivity contribution in [3.05, 3.63) is 12.2 Å². The number of aliphatic hydroxyl groups excluding tert-OH is 2. The van der Waals surface area contributed by atoms with Crippen molar-refractivity contribution < 1.29 is 54.0 Å². The van der Waals surface area contributed by atoms with Crippen molar-refractivity contribution in [3.63, 3.8) is 0 Å². The van der Waals surface area contributed by atoms with Gasteiger partial charge in [0.05, 0.1) is 6.10 Å². The van der Waals surface area contributed by atoms with E-state index in [4.69, 9.17) is 10.2 Å². The molecule has 23 heavy (non-hydrogen) atoms. The van der Waals surface area contributed by atoms with Crippen LogP contribution in [0.4, 0.5) is 0 Å². The lowest BCUT2D eigenvalue weighted by Gasteiger charge is -2.22. The van der Waals surface area contributed by atoms with Crippen LogP contribution >= 0.6 is 0 Å². The predicted octanol–water partition coefficient (Wildman–Crippen LogP) is -1.94. The van der Waals surface area contributed by atoms with Crippen LogP contribution in [0.15, 0.2) is 12.2 Å². The summed E-state index contributed by atoms with van der Waals surface area (Å²) in [6, 6.07) is 0. The van der Waals surface area contributed by atoms with E-state index in [1.807, 2.05) is 0 Å². The Kier molecular flexibility index (Phi) is 7.87. The van der Waals surface area contributed by atoms with Crippen LogP contribution in [-0.2, 0) is 38.7 Å². The molecular weight excluding hydrogens is 320 g/mol. The quantitative estimate of drug-likeness (QED) is 0.290. The summed E-state index contributed by atoms with van der Waals surface area (Å²) in [7, 11) is 0.